The van der Waals surface area contributed by atoms with E-state index in [-0.39, 0.29) is 18.1 Å². The summed E-state index contributed by atoms with van der Waals surface area (Å²) in [7, 11) is 0. The average Bonchev–Trinajstić information content (AvgIpc) is 2.48. The van der Waals surface area contributed by atoms with Gasteiger partial charge in [0.2, 0.25) is 0 Å². The molecule has 128 valence electrons. The Morgan fingerprint density at radius 1 is 1.13 bits per heavy atom. The van der Waals surface area contributed by atoms with Crippen molar-refractivity contribution in [1.29, 1.82) is 0 Å². The molecule has 0 saturated heterocycles. The summed E-state index contributed by atoms with van der Waals surface area (Å²) in [6.07, 6.45) is 3.33. The summed E-state index contributed by atoms with van der Waals surface area (Å²) in [4.78, 5) is 22.5. The quantitative estimate of drug-likeness (QED) is 0.648. The monoisotopic (exact) mass is 325 g/mol. The topological polar surface area (TPSA) is 75.6 Å². The Morgan fingerprint density at radius 2 is 1.74 bits per heavy atom. The highest BCUT2D eigenvalue weighted by Gasteiger charge is 2.29. The van der Waals surface area contributed by atoms with Gasteiger partial charge in [0.25, 0.3) is 5.91 Å². The molecule has 1 aromatic rings. The molecule has 0 heterocycles. The third-order valence-electron chi connectivity index (χ3n) is 3.34. The molecule has 1 amide bonds. The number of nitrogens with one attached hydrogen (secondary N) is 1. The fourth-order valence-corrected chi connectivity index (χ4v) is 2.01. The van der Waals surface area contributed by atoms with Gasteiger partial charge in [-0.2, -0.15) is 0 Å². The molecule has 23 heavy (non-hydrogen) atoms. The molecule has 0 unspecified atom stereocenters. The van der Waals surface area contributed by atoms with E-state index in [1.165, 1.54) is 24.3 Å². The van der Waals surface area contributed by atoms with Crippen LogP contribution in [0.25, 0.3) is 0 Å². The lowest BCUT2D eigenvalue weighted by molar-refractivity contribution is -0.137. The zero-order valence-electron chi connectivity index (χ0n) is 13.6. The van der Waals surface area contributed by atoms with Crippen molar-refractivity contribution in [1.82, 2.24) is 5.32 Å². The largest absolute Gasteiger partial charge is 0.481 e. The van der Waals surface area contributed by atoms with E-state index in [0.29, 0.717) is 18.7 Å². The van der Waals surface area contributed by atoms with Crippen LogP contribution in [0.2, 0.25) is 0 Å². The van der Waals surface area contributed by atoms with Crippen LogP contribution in [-0.4, -0.2) is 29.1 Å². The Kier molecular flexibility index (Phi) is 7.51. The molecule has 0 saturated carbocycles. The van der Waals surface area contributed by atoms with Crippen molar-refractivity contribution in [2.75, 3.05) is 6.54 Å². The number of hydrogen-bond acceptors (Lipinski definition) is 3. The molecule has 0 aliphatic heterocycles. The van der Waals surface area contributed by atoms with Gasteiger partial charge in [-0.3, -0.25) is 9.59 Å². The van der Waals surface area contributed by atoms with Crippen LogP contribution in [0.15, 0.2) is 24.3 Å². The minimum Gasteiger partial charge on any atom is -0.481 e. The van der Waals surface area contributed by atoms with E-state index < -0.39 is 11.6 Å². The summed E-state index contributed by atoms with van der Waals surface area (Å²) in [5.41, 5.74) is -1.05. The lowest BCUT2D eigenvalue weighted by atomic mass is 10.1. The summed E-state index contributed by atoms with van der Waals surface area (Å²) >= 11 is 0. The minimum atomic E-state index is -1.05. The predicted octanol–water partition coefficient (Wildman–Crippen LogP) is 3.13. The van der Waals surface area contributed by atoms with Gasteiger partial charge in [0.15, 0.2) is 5.60 Å². The first-order valence-electron chi connectivity index (χ1n) is 7.76. The number of carbonyl (C=O) groups excluding carboxylic acids is 1. The zero-order chi connectivity index (χ0) is 17.3. The summed E-state index contributed by atoms with van der Waals surface area (Å²) in [6, 6.07) is 5.51. The first kappa shape index (κ1) is 18.9. The number of carboxylic acids is 1. The Balaban J connectivity index is 2.26. The number of carbonyl (C=O) groups is 2. The molecule has 0 aliphatic rings. The summed E-state index contributed by atoms with van der Waals surface area (Å²) in [5.74, 6) is -0.951. The second-order valence-electron chi connectivity index (χ2n) is 5.88. The van der Waals surface area contributed by atoms with Crippen molar-refractivity contribution in [3.8, 4) is 5.75 Å². The molecular formula is C17H24FNO4. The Morgan fingerprint density at radius 3 is 2.35 bits per heavy atom. The van der Waals surface area contributed by atoms with Crippen LogP contribution in [0.1, 0.15) is 46.0 Å². The maximum atomic E-state index is 12.8. The van der Waals surface area contributed by atoms with Gasteiger partial charge in [-0.25, -0.2) is 4.39 Å². The number of hydrogen-bond donors (Lipinski definition) is 2. The van der Waals surface area contributed by atoms with E-state index in [4.69, 9.17) is 9.84 Å². The van der Waals surface area contributed by atoms with Gasteiger partial charge in [-0.1, -0.05) is 12.8 Å². The van der Waals surface area contributed by atoms with Crippen molar-refractivity contribution >= 4 is 11.9 Å². The molecule has 1 rings (SSSR count). The van der Waals surface area contributed by atoms with Gasteiger partial charge in [-0.15, -0.1) is 0 Å². The van der Waals surface area contributed by atoms with Crippen LogP contribution in [0.4, 0.5) is 4.39 Å². The molecule has 0 aliphatic carbocycles. The van der Waals surface area contributed by atoms with Gasteiger partial charge < -0.3 is 15.2 Å². The number of amides is 1. The van der Waals surface area contributed by atoms with Gasteiger partial charge in [0.05, 0.1) is 0 Å². The van der Waals surface area contributed by atoms with Crippen LogP contribution < -0.4 is 10.1 Å². The molecule has 0 radical (unpaired) electrons. The van der Waals surface area contributed by atoms with Crippen molar-refractivity contribution in [3.05, 3.63) is 30.1 Å². The highest BCUT2D eigenvalue weighted by atomic mass is 19.1. The Bertz CT molecular complexity index is 514. The van der Waals surface area contributed by atoms with Crippen LogP contribution >= 0.6 is 0 Å². The number of aliphatic carboxylic acids is 1. The maximum Gasteiger partial charge on any atom is 0.303 e. The number of ether oxygens (including phenoxy) is 1. The van der Waals surface area contributed by atoms with E-state index in [2.05, 4.69) is 5.32 Å². The number of unbranched alkanes of at least 4 members (excludes halogenated alkanes) is 3. The predicted molar refractivity (Wildman–Crippen MR) is 84.8 cm³/mol. The van der Waals surface area contributed by atoms with Crippen LogP contribution in [0.5, 0.6) is 5.75 Å². The van der Waals surface area contributed by atoms with Gasteiger partial charge in [0, 0.05) is 13.0 Å². The number of benzene rings is 1. The normalized spacial score (nSPS) is 11.1. The molecule has 0 aromatic heterocycles. The number of rotatable bonds is 10. The fraction of sp³-hybridized carbons (Fsp3) is 0.529. The van der Waals surface area contributed by atoms with Crippen molar-refractivity contribution in [3.63, 3.8) is 0 Å². The summed E-state index contributed by atoms with van der Waals surface area (Å²) in [6.45, 7) is 3.82. The second-order valence-corrected chi connectivity index (χ2v) is 5.88. The lowest BCUT2D eigenvalue weighted by Crippen LogP contribution is -2.46. The van der Waals surface area contributed by atoms with Crippen LogP contribution in [0.3, 0.4) is 0 Å². The molecule has 0 bridgehead atoms. The smallest absolute Gasteiger partial charge is 0.303 e. The average molecular weight is 325 g/mol. The van der Waals surface area contributed by atoms with Crippen molar-refractivity contribution in [2.24, 2.45) is 0 Å². The third-order valence-corrected chi connectivity index (χ3v) is 3.34. The van der Waals surface area contributed by atoms with Crippen LogP contribution in [-0.2, 0) is 9.59 Å². The first-order chi connectivity index (χ1) is 10.8. The standard InChI is InChI=1S/C17H24FNO4/c1-17(2,23-14-10-8-13(18)9-11-14)16(22)19-12-6-4-3-5-7-15(20)21/h8-11H,3-7,12H2,1-2H3,(H,19,22)(H,20,21). The first-order valence-corrected chi connectivity index (χ1v) is 7.76. The zero-order valence-corrected chi connectivity index (χ0v) is 13.6. The highest BCUT2D eigenvalue weighted by molar-refractivity contribution is 5.84. The lowest BCUT2D eigenvalue weighted by Gasteiger charge is -2.25. The van der Waals surface area contributed by atoms with Gasteiger partial charge >= 0.3 is 5.97 Å². The van der Waals surface area contributed by atoms with E-state index in [1.54, 1.807) is 13.8 Å². The Hall–Kier alpha value is -2.11. The van der Waals surface area contributed by atoms with Gasteiger partial charge in [0.1, 0.15) is 11.6 Å². The van der Waals surface area contributed by atoms with Crippen molar-refractivity contribution < 1.29 is 23.8 Å². The highest BCUT2D eigenvalue weighted by Crippen LogP contribution is 2.18. The summed E-state index contributed by atoms with van der Waals surface area (Å²) in [5, 5.41) is 11.3. The Labute approximate surface area is 135 Å². The fourth-order valence-electron chi connectivity index (χ4n) is 2.01. The number of carboxylic acid groups (broad SMARTS) is 1. The van der Waals surface area contributed by atoms with Crippen molar-refractivity contribution in [2.45, 2.75) is 51.6 Å². The second kappa shape index (κ2) is 9.12. The third kappa shape index (κ3) is 7.63. The maximum absolute atomic E-state index is 12.8. The molecule has 0 fully saturated rings. The molecule has 0 atom stereocenters. The van der Waals surface area contributed by atoms with E-state index in [0.717, 1.165) is 19.3 Å². The molecular weight excluding hydrogens is 301 g/mol. The molecule has 2 N–H and O–H groups in total. The summed E-state index contributed by atoms with van der Waals surface area (Å²) < 4.78 is 18.4. The van der Waals surface area contributed by atoms with Gasteiger partial charge in [-0.05, 0) is 51.0 Å². The molecule has 0 spiro atoms. The van der Waals surface area contributed by atoms with E-state index in [9.17, 15) is 14.0 Å². The van der Waals surface area contributed by atoms with E-state index in [1.807, 2.05) is 0 Å². The molecule has 6 heteroatoms. The minimum absolute atomic E-state index is 0.185. The van der Waals surface area contributed by atoms with E-state index >= 15 is 0 Å². The van der Waals surface area contributed by atoms with Crippen LogP contribution in [0, 0.1) is 5.82 Å². The SMILES string of the molecule is CC(C)(Oc1ccc(F)cc1)C(=O)NCCCCCCC(=O)O. The molecule has 5 nitrogen and oxygen atoms in total. The molecule has 1 aromatic carbocycles. The number of halogens is 1.